The number of nitrogens with zero attached hydrogens (tertiary/aromatic N) is 5. The zero-order valence-corrected chi connectivity index (χ0v) is 13.8. The molecule has 2 N–H and O–H groups in total. The predicted molar refractivity (Wildman–Crippen MR) is 93.3 cm³/mol. The van der Waals surface area contributed by atoms with Gasteiger partial charge in [-0.25, -0.2) is 9.97 Å². The third-order valence-electron chi connectivity index (χ3n) is 4.35. The van der Waals surface area contributed by atoms with E-state index in [9.17, 15) is 4.79 Å². The van der Waals surface area contributed by atoms with Gasteiger partial charge in [-0.15, -0.1) is 0 Å². The van der Waals surface area contributed by atoms with E-state index in [-0.39, 0.29) is 11.9 Å². The number of rotatable bonds is 2. The molecule has 0 radical (unpaired) electrons. The molecule has 25 heavy (non-hydrogen) atoms. The summed E-state index contributed by atoms with van der Waals surface area (Å²) in [5.74, 6) is 0.101. The van der Waals surface area contributed by atoms with Crippen LogP contribution < -0.4 is 10.6 Å². The molecule has 0 aliphatic carbocycles. The van der Waals surface area contributed by atoms with Gasteiger partial charge in [0.15, 0.2) is 5.58 Å². The molecule has 1 amide bonds. The number of carbonyl (C=O) groups excluding carboxylic acids is 1. The van der Waals surface area contributed by atoms with Gasteiger partial charge in [0.1, 0.15) is 5.52 Å². The van der Waals surface area contributed by atoms with Crippen molar-refractivity contribution in [2.45, 2.75) is 6.92 Å². The summed E-state index contributed by atoms with van der Waals surface area (Å²) in [7, 11) is 0. The largest absolute Gasteiger partial charge is 0.423 e. The summed E-state index contributed by atoms with van der Waals surface area (Å²) in [4.78, 5) is 29.0. The maximum Gasteiger partial charge on any atom is 0.298 e. The Morgan fingerprint density at radius 3 is 2.64 bits per heavy atom. The average Bonchev–Trinajstić information content (AvgIpc) is 3.05. The van der Waals surface area contributed by atoms with Gasteiger partial charge in [0.25, 0.3) is 11.9 Å². The molecule has 3 aromatic rings. The number of aromatic nitrogens is 3. The lowest BCUT2D eigenvalue weighted by molar-refractivity contribution is 0.0743. The fraction of sp³-hybridized carbons (Fsp3) is 0.294. The molecule has 3 heterocycles. The second kappa shape index (κ2) is 6.04. The predicted octanol–water partition coefficient (Wildman–Crippen LogP) is 1.47. The Morgan fingerprint density at radius 1 is 1.16 bits per heavy atom. The van der Waals surface area contributed by atoms with Gasteiger partial charge in [0.05, 0.1) is 11.3 Å². The first kappa shape index (κ1) is 15.4. The Bertz CT molecular complexity index is 897. The van der Waals surface area contributed by atoms with E-state index in [2.05, 4.69) is 19.9 Å². The second-order valence-electron chi connectivity index (χ2n) is 5.97. The molecule has 2 aromatic heterocycles. The molecule has 8 heteroatoms. The number of fused-ring (bicyclic) bond motifs is 1. The number of aryl methyl sites for hydroxylation is 1. The van der Waals surface area contributed by atoms with Gasteiger partial charge in [-0.2, -0.15) is 4.98 Å². The number of oxazole rings is 1. The van der Waals surface area contributed by atoms with E-state index < -0.39 is 0 Å². The van der Waals surface area contributed by atoms with E-state index in [1.54, 1.807) is 11.8 Å². The van der Waals surface area contributed by atoms with Gasteiger partial charge in [0, 0.05) is 32.4 Å². The van der Waals surface area contributed by atoms with Crippen molar-refractivity contribution < 1.29 is 9.21 Å². The van der Waals surface area contributed by atoms with Crippen molar-refractivity contribution in [1.82, 2.24) is 19.9 Å². The summed E-state index contributed by atoms with van der Waals surface area (Å²) in [6.07, 6.45) is 1.49. The third-order valence-corrected chi connectivity index (χ3v) is 4.35. The van der Waals surface area contributed by atoms with Crippen LogP contribution in [0.15, 0.2) is 34.9 Å². The Kier molecular flexibility index (Phi) is 3.72. The Balaban J connectivity index is 1.46. The molecule has 0 saturated carbocycles. The number of amides is 1. The SMILES string of the molecule is Cc1nc(N)ncc1C(=O)N1CCN(c2nc3ccccc3o2)CC1. The van der Waals surface area contributed by atoms with E-state index in [1.807, 2.05) is 24.3 Å². The van der Waals surface area contributed by atoms with E-state index >= 15 is 0 Å². The lowest BCUT2D eigenvalue weighted by Gasteiger charge is -2.33. The minimum atomic E-state index is -0.0743. The first-order valence-electron chi connectivity index (χ1n) is 8.11. The maximum absolute atomic E-state index is 12.7. The fourth-order valence-electron chi connectivity index (χ4n) is 2.96. The Labute approximate surface area is 144 Å². The van der Waals surface area contributed by atoms with Crippen molar-refractivity contribution in [3.8, 4) is 0 Å². The summed E-state index contributed by atoms with van der Waals surface area (Å²) in [6, 6.07) is 8.27. The molecular weight excluding hydrogens is 320 g/mol. The molecule has 0 spiro atoms. The quantitative estimate of drug-likeness (QED) is 0.755. The molecule has 0 unspecified atom stereocenters. The molecule has 0 atom stereocenters. The van der Waals surface area contributed by atoms with Crippen LogP contribution in [0.4, 0.5) is 12.0 Å². The zero-order chi connectivity index (χ0) is 17.4. The van der Waals surface area contributed by atoms with Crippen LogP contribution in [0.3, 0.4) is 0 Å². The van der Waals surface area contributed by atoms with Gasteiger partial charge in [-0.1, -0.05) is 12.1 Å². The molecule has 1 fully saturated rings. The Hall–Kier alpha value is -3.16. The maximum atomic E-state index is 12.7. The van der Waals surface area contributed by atoms with Gasteiger partial charge in [-0.3, -0.25) is 4.79 Å². The van der Waals surface area contributed by atoms with Gasteiger partial charge in [0.2, 0.25) is 5.95 Å². The van der Waals surface area contributed by atoms with Crippen molar-refractivity contribution in [2.24, 2.45) is 0 Å². The van der Waals surface area contributed by atoms with Crippen molar-refractivity contribution in [2.75, 3.05) is 36.8 Å². The van der Waals surface area contributed by atoms with Gasteiger partial charge >= 0.3 is 0 Å². The number of benzene rings is 1. The molecule has 4 rings (SSSR count). The topological polar surface area (TPSA) is 101 Å². The van der Waals surface area contributed by atoms with Crippen LogP contribution >= 0.6 is 0 Å². The van der Waals surface area contributed by atoms with E-state index in [0.717, 1.165) is 11.1 Å². The summed E-state index contributed by atoms with van der Waals surface area (Å²) >= 11 is 0. The fourth-order valence-corrected chi connectivity index (χ4v) is 2.96. The number of nitrogens with two attached hydrogens (primary N) is 1. The van der Waals surface area contributed by atoms with E-state index in [0.29, 0.717) is 43.5 Å². The number of hydrogen-bond donors (Lipinski definition) is 1. The van der Waals surface area contributed by atoms with Gasteiger partial charge in [-0.05, 0) is 19.1 Å². The highest BCUT2D eigenvalue weighted by molar-refractivity contribution is 5.95. The number of piperazine rings is 1. The highest BCUT2D eigenvalue weighted by atomic mass is 16.4. The molecular formula is C17H18N6O2. The smallest absolute Gasteiger partial charge is 0.298 e. The minimum Gasteiger partial charge on any atom is -0.423 e. The first-order chi connectivity index (χ1) is 12.1. The summed E-state index contributed by atoms with van der Waals surface area (Å²) in [5, 5.41) is 0. The van der Waals surface area contributed by atoms with Crippen molar-refractivity contribution in [1.29, 1.82) is 0 Å². The minimum absolute atomic E-state index is 0.0743. The molecule has 1 saturated heterocycles. The molecule has 1 aliphatic heterocycles. The highest BCUT2D eigenvalue weighted by Crippen LogP contribution is 2.23. The van der Waals surface area contributed by atoms with Crippen molar-refractivity contribution >= 4 is 29.0 Å². The monoisotopic (exact) mass is 338 g/mol. The summed E-state index contributed by atoms with van der Waals surface area (Å²) in [6.45, 7) is 4.25. The van der Waals surface area contributed by atoms with Crippen molar-refractivity contribution in [3.05, 3.63) is 41.7 Å². The van der Waals surface area contributed by atoms with E-state index in [4.69, 9.17) is 10.2 Å². The number of hydrogen-bond acceptors (Lipinski definition) is 7. The summed E-state index contributed by atoms with van der Waals surface area (Å²) in [5.41, 5.74) is 8.24. The highest BCUT2D eigenvalue weighted by Gasteiger charge is 2.26. The standard InChI is InChI=1S/C17H18N6O2/c1-11-12(10-19-16(18)20-11)15(24)22-6-8-23(9-7-22)17-21-13-4-2-3-5-14(13)25-17/h2-5,10H,6-9H2,1H3,(H2,18,19,20). The number of carbonyl (C=O) groups is 1. The number of anilines is 2. The second-order valence-corrected chi connectivity index (χ2v) is 5.97. The normalized spacial score (nSPS) is 14.9. The average molecular weight is 338 g/mol. The molecule has 8 nitrogen and oxygen atoms in total. The lowest BCUT2D eigenvalue weighted by Crippen LogP contribution is -2.49. The molecule has 1 aliphatic rings. The molecule has 0 bridgehead atoms. The van der Waals surface area contributed by atoms with Crippen LogP contribution in [-0.2, 0) is 0 Å². The Morgan fingerprint density at radius 2 is 1.92 bits per heavy atom. The lowest BCUT2D eigenvalue weighted by atomic mass is 10.2. The zero-order valence-electron chi connectivity index (χ0n) is 13.8. The van der Waals surface area contributed by atoms with Crippen LogP contribution in [0.5, 0.6) is 0 Å². The molecule has 128 valence electrons. The van der Waals surface area contributed by atoms with Crippen molar-refractivity contribution in [3.63, 3.8) is 0 Å². The van der Waals surface area contributed by atoms with Crippen LogP contribution in [0.1, 0.15) is 16.1 Å². The van der Waals surface area contributed by atoms with E-state index in [1.165, 1.54) is 6.20 Å². The molecule has 1 aromatic carbocycles. The van der Waals surface area contributed by atoms with Crippen LogP contribution in [0.2, 0.25) is 0 Å². The van der Waals surface area contributed by atoms with Crippen LogP contribution in [0.25, 0.3) is 11.1 Å². The van der Waals surface area contributed by atoms with Gasteiger partial charge < -0.3 is 20.0 Å². The third kappa shape index (κ3) is 2.86. The number of nitrogen functional groups attached to an aromatic ring is 1. The number of para-hydroxylation sites is 2. The van der Waals surface area contributed by atoms with Crippen LogP contribution in [0, 0.1) is 6.92 Å². The van der Waals surface area contributed by atoms with Crippen LogP contribution in [-0.4, -0.2) is 51.9 Å². The first-order valence-corrected chi connectivity index (χ1v) is 8.11. The summed E-state index contributed by atoms with van der Waals surface area (Å²) < 4.78 is 5.80.